The molecule has 2 aliphatic rings. The normalized spacial score (nSPS) is 32.6. The monoisotopic (exact) mass is 220 g/mol. The third kappa shape index (κ3) is 1.96. The molecular weight excluding hydrogens is 200 g/mol. The van der Waals surface area contributed by atoms with Gasteiger partial charge in [0, 0.05) is 18.8 Å². The Morgan fingerprint density at radius 1 is 1.44 bits per heavy atom. The number of ether oxygens (including phenoxy) is 1. The molecule has 0 amide bonds. The van der Waals surface area contributed by atoms with Gasteiger partial charge in [0.1, 0.15) is 0 Å². The molecule has 2 atom stereocenters. The van der Waals surface area contributed by atoms with Crippen LogP contribution in [-0.4, -0.2) is 12.6 Å². The van der Waals surface area contributed by atoms with Crippen molar-refractivity contribution in [3.05, 3.63) is 0 Å². The van der Waals surface area contributed by atoms with Gasteiger partial charge in [0.05, 0.1) is 12.0 Å². The number of carbonyl (C=O) groups is 1. The lowest BCUT2D eigenvalue weighted by atomic mass is 9.66. The van der Waals surface area contributed by atoms with Gasteiger partial charge in [-0.05, 0) is 19.3 Å². The van der Waals surface area contributed by atoms with Gasteiger partial charge in [-0.3, -0.25) is 4.79 Å². The van der Waals surface area contributed by atoms with Crippen LogP contribution < -0.4 is 0 Å². The predicted molar refractivity (Wildman–Crippen MR) is 62.7 cm³/mol. The number of hydrogen-bond acceptors (Lipinski definition) is 2. The summed E-state index contributed by atoms with van der Waals surface area (Å²) in [5, 5.41) is 0. The maximum Gasteiger partial charge on any atom is 0.313 e. The first-order chi connectivity index (χ1) is 7.79. The molecule has 1 saturated heterocycles. The van der Waals surface area contributed by atoms with Gasteiger partial charge in [-0.1, -0.05) is 19.8 Å². The molecule has 1 aliphatic carbocycles. The largest absolute Gasteiger partial charge is 0.465 e. The molecule has 0 spiro atoms. The van der Waals surface area contributed by atoms with E-state index in [9.17, 15) is 4.79 Å². The number of rotatable bonds is 2. The molecule has 1 heterocycles. The van der Waals surface area contributed by atoms with Crippen LogP contribution in [0.25, 0.3) is 0 Å². The standard InChI is InChI=1S/C14H20O2/c1-2-3-4-6-9-14-10-7-5-8-12(14)11-16-13(14)15/h12H,2-3,5,7-11H2,1H3/t12-,14-/m1/s1. The number of unbranched alkanes of at least 4 members (excludes halogenated alkanes) is 1. The summed E-state index contributed by atoms with van der Waals surface area (Å²) in [5.74, 6) is 6.80. The topological polar surface area (TPSA) is 26.3 Å². The first-order valence-corrected chi connectivity index (χ1v) is 6.42. The van der Waals surface area contributed by atoms with E-state index in [-0.39, 0.29) is 11.4 Å². The Balaban J connectivity index is 2.07. The quantitative estimate of drug-likeness (QED) is 0.528. The molecule has 0 aromatic heterocycles. The van der Waals surface area contributed by atoms with E-state index in [0.29, 0.717) is 12.5 Å². The van der Waals surface area contributed by atoms with Crippen molar-refractivity contribution >= 4 is 5.97 Å². The first kappa shape index (κ1) is 11.5. The molecule has 2 fully saturated rings. The van der Waals surface area contributed by atoms with Crippen molar-refractivity contribution in [1.29, 1.82) is 0 Å². The minimum atomic E-state index is -0.237. The van der Waals surface area contributed by atoms with E-state index < -0.39 is 0 Å². The van der Waals surface area contributed by atoms with Crippen LogP contribution in [0.3, 0.4) is 0 Å². The molecule has 1 aliphatic heterocycles. The average molecular weight is 220 g/mol. The Morgan fingerprint density at radius 2 is 2.31 bits per heavy atom. The lowest BCUT2D eigenvalue weighted by Gasteiger charge is -2.33. The van der Waals surface area contributed by atoms with Gasteiger partial charge >= 0.3 is 5.97 Å². The second-order valence-electron chi connectivity index (χ2n) is 4.98. The van der Waals surface area contributed by atoms with E-state index in [1.807, 2.05) is 0 Å². The number of esters is 1. The van der Waals surface area contributed by atoms with E-state index >= 15 is 0 Å². The van der Waals surface area contributed by atoms with Crippen LogP contribution in [0.1, 0.15) is 51.9 Å². The highest BCUT2D eigenvalue weighted by Gasteiger charge is 2.52. The Labute approximate surface area is 97.7 Å². The maximum absolute atomic E-state index is 11.9. The van der Waals surface area contributed by atoms with Crippen molar-refractivity contribution in [3.8, 4) is 11.8 Å². The molecule has 88 valence electrons. The van der Waals surface area contributed by atoms with Gasteiger partial charge in [0.2, 0.25) is 0 Å². The van der Waals surface area contributed by atoms with E-state index in [1.54, 1.807) is 0 Å². The summed E-state index contributed by atoms with van der Waals surface area (Å²) in [5.41, 5.74) is -0.237. The third-order valence-electron chi connectivity index (χ3n) is 3.93. The Bertz CT molecular complexity index is 323. The molecule has 0 unspecified atom stereocenters. The fraction of sp³-hybridized carbons (Fsp3) is 0.786. The molecule has 0 radical (unpaired) electrons. The lowest BCUT2D eigenvalue weighted by molar-refractivity contribution is -0.147. The van der Waals surface area contributed by atoms with Gasteiger partial charge in [0.15, 0.2) is 0 Å². The molecule has 2 nitrogen and oxygen atoms in total. The van der Waals surface area contributed by atoms with Crippen molar-refractivity contribution in [1.82, 2.24) is 0 Å². The van der Waals surface area contributed by atoms with E-state index in [2.05, 4.69) is 18.8 Å². The van der Waals surface area contributed by atoms with Crippen LogP contribution in [-0.2, 0) is 9.53 Å². The predicted octanol–water partition coefficient (Wildman–Crippen LogP) is 2.91. The van der Waals surface area contributed by atoms with Crippen LogP contribution in [0.5, 0.6) is 0 Å². The Morgan fingerprint density at radius 3 is 3.12 bits per heavy atom. The highest BCUT2D eigenvalue weighted by atomic mass is 16.5. The summed E-state index contributed by atoms with van der Waals surface area (Å²) in [7, 11) is 0. The van der Waals surface area contributed by atoms with Crippen molar-refractivity contribution in [2.24, 2.45) is 11.3 Å². The van der Waals surface area contributed by atoms with E-state index in [1.165, 1.54) is 6.42 Å². The lowest BCUT2D eigenvalue weighted by Crippen LogP contribution is -2.35. The second kappa shape index (κ2) is 4.91. The van der Waals surface area contributed by atoms with Gasteiger partial charge < -0.3 is 4.74 Å². The maximum atomic E-state index is 11.9. The molecule has 0 aromatic rings. The first-order valence-electron chi connectivity index (χ1n) is 6.42. The molecule has 16 heavy (non-hydrogen) atoms. The van der Waals surface area contributed by atoms with Crippen LogP contribution in [0, 0.1) is 23.2 Å². The summed E-state index contributed by atoms with van der Waals surface area (Å²) in [6.07, 6.45) is 7.27. The summed E-state index contributed by atoms with van der Waals surface area (Å²) in [4.78, 5) is 11.9. The number of cyclic esters (lactones) is 1. The Kier molecular flexibility index (Phi) is 3.53. The highest BCUT2D eigenvalue weighted by molar-refractivity contribution is 5.79. The molecule has 0 N–H and O–H groups in total. The summed E-state index contributed by atoms with van der Waals surface area (Å²) >= 11 is 0. The van der Waals surface area contributed by atoms with E-state index in [0.717, 1.165) is 38.5 Å². The van der Waals surface area contributed by atoms with Gasteiger partial charge in [0.25, 0.3) is 0 Å². The number of fused-ring (bicyclic) bond motifs is 1. The van der Waals surface area contributed by atoms with Crippen molar-refractivity contribution in [2.45, 2.75) is 51.9 Å². The molecular formula is C14H20O2. The molecule has 2 rings (SSSR count). The van der Waals surface area contributed by atoms with Gasteiger partial charge in [-0.2, -0.15) is 0 Å². The second-order valence-corrected chi connectivity index (χ2v) is 4.98. The summed E-state index contributed by atoms with van der Waals surface area (Å²) in [6.45, 7) is 2.76. The van der Waals surface area contributed by atoms with E-state index in [4.69, 9.17) is 4.74 Å². The average Bonchev–Trinajstić information content (AvgIpc) is 2.64. The fourth-order valence-corrected chi connectivity index (χ4v) is 2.88. The highest BCUT2D eigenvalue weighted by Crippen LogP contribution is 2.48. The van der Waals surface area contributed by atoms with Crippen molar-refractivity contribution in [3.63, 3.8) is 0 Å². The number of carbonyl (C=O) groups excluding carboxylic acids is 1. The fourth-order valence-electron chi connectivity index (χ4n) is 2.88. The van der Waals surface area contributed by atoms with Crippen LogP contribution in [0.15, 0.2) is 0 Å². The van der Waals surface area contributed by atoms with Crippen molar-refractivity contribution in [2.75, 3.05) is 6.61 Å². The van der Waals surface area contributed by atoms with Gasteiger partial charge in [-0.25, -0.2) is 0 Å². The molecule has 1 saturated carbocycles. The molecule has 0 aromatic carbocycles. The Hall–Kier alpha value is -0.970. The summed E-state index contributed by atoms with van der Waals surface area (Å²) < 4.78 is 5.25. The van der Waals surface area contributed by atoms with Crippen LogP contribution in [0.2, 0.25) is 0 Å². The van der Waals surface area contributed by atoms with Crippen molar-refractivity contribution < 1.29 is 9.53 Å². The van der Waals surface area contributed by atoms with Crippen LogP contribution in [0.4, 0.5) is 0 Å². The van der Waals surface area contributed by atoms with Gasteiger partial charge in [-0.15, -0.1) is 11.8 Å². The minimum absolute atomic E-state index is 0.0167. The molecule has 0 bridgehead atoms. The SMILES string of the molecule is CCCC#CC[C@@]12CCCC[C@@H]1COC2=O. The minimum Gasteiger partial charge on any atom is -0.465 e. The zero-order valence-electron chi connectivity index (χ0n) is 10.1. The van der Waals surface area contributed by atoms with Crippen LogP contribution >= 0.6 is 0 Å². The molecule has 2 heteroatoms. The number of hydrogen-bond donors (Lipinski definition) is 0. The summed E-state index contributed by atoms with van der Waals surface area (Å²) in [6, 6.07) is 0. The smallest absolute Gasteiger partial charge is 0.313 e. The zero-order chi connectivity index (χ0) is 11.4. The zero-order valence-corrected chi connectivity index (χ0v) is 10.1. The third-order valence-corrected chi connectivity index (χ3v) is 3.93.